The fourth-order valence-corrected chi connectivity index (χ4v) is 1.68. The van der Waals surface area contributed by atoms with Crippen molar-refractivity contribution in [3.05, 3.63) is 48.2 Å². The van der Waals surface area contributed by atoms with Gasteiger partial charge >= 0.3 is 5.97 Å². The third-order valence-electron chi connectivity index (χ3n) is 2.40. The molecule has 1 unspecified atom stereocenters. The molecule has 2 rings (SSSR count). The van der Waals surface area contributed by atoms with Crippen LogP contribution in [0.1, 0.15) is 11.6 Å². The molecule has 1 atom stereocenters. The highest BCUT2D eigenvalue weighted by Crippen LogP contribution is 2.20. The summed E-state index contributed by atoms with van der Waals surface area (Å²) in [4.78, 5) is 16.9. The Kier molecular flexibility index (Phi) is 3.00. The molecule has 1 aromatic carbocycles. The Balaban J connectivity index is 2.28. The van der Waals surface area contributed by atoms with Crippen molar-refractivity contribution in [1.29, 1.82) is 0 Å². The average molecular weight is 216 g/mol. The maximum Gasteiger partial charge on any atom is 0.331 e. The molecule has 1 aliphatic rings. The highest BCUT2D eigenvalue weighted by atomic mass is 16.4. The van der Waals surface area contributed by atoms with Gasteiger partial charge in [-0.15, -0.1) is 0 Å². The highest BCUT2D eigenvalue weighted by molar-refractivity contribution is 5.79. The molecule has 0 aliphatic carbocycles. The molecule has 0 radical (unpaired) electrons. The summed E-state index contributed by atoms with van der Waals surface area (Å²) in [7, 11) is 0. The van der Waals surface area contributed by atoms with Crippen LogP contribution in [0.3, 0.4) is 0 Å². The Labute approximate surface area is 93.5 Å². The highest BCUT2D eigenvalue weighted by Gasteiger charge is 2.25. The Hall–Kier alpha value is -2.10. The maximum atomic E-state index is 11.3. The normalized spacial score (nSPS) is 16.1. The van der Waals surface area contributed by atoms with E-state index >= 15 is 0 Å². The molecule has 0 spiro atoms. The molecule has 4 heteroatoms. The lowest BCUT2D eigenvalue weighted by molar-refractivity contribution is -0.141. The molecule has 0 saturated carbocycles. The van der Waals surface area contributed by atoms with Crippen molar-refractivity contribution in [3.8, 4) is 0 Å². The topological polar surface area (TPSA) is 52.9 Å². The number of hydrogen-bond acceptors (Lipinski definition) is 3. The first-order valence-electron chi connectivity index (χ1n) is 5.01. The Morgan fingerprint density at radius 3 is 2.69 bits per heavy atom. The molecule has 1 aromatic rings. The summed E-state index contributed by atoms with van der Waals surface area (Å²) in [5, 5.41) is 9.25. The number of nitrogens with zero attached hydrogens (tertiary/aromatic N) is 2. The van der Waals surface area contributed by atoms with Crippen LogP contribution in [0.4, 0.5) is 0 Å². The van der Waals surface area contributed by atoms with Gasteiger partial charge in [0, 0.05) is 12.7 Å². The second-order valence-corrected chi connectivity index (χ2v) is 3.50. The SMILES string of the molecule is O=C(O)C(c1ccccc1)N1C=NC=CC1. The number of carboxylic acids is 1. The summed E-state index contributed by atoms with van der Waals surface area (Å²) in [5.41, 5.74) is 0.761. The van der Waals surface area contributed by atoms with Gasteiger partial charge in [-0.3, -0.25) is 0 Å². The molecule has 1 N–H and O–H groups in total. The molecule has 0 fully saturated rings. The van der Waals surface area contributed by atoms with E-state index in [0.29, 0.717) is 6.54 Å². The van der Waals surface area contributed by atoms with Gasteiger partial charge in [0.05, 0.1) is 6.34 Å². The first kappa shape index (κ1) is 10.4. The van der Waals surface area contributed by atoms with Crippen molar-refractivity contribution in [1.82, 2.24) is 4.90 Å². The largest absolute Gasteiger partial charge is 0.479 e. The third-order valence-corrected chi connectivity index (χ3v) is 2.40. The van der Waals surface area contributed by atoms with Gasteiger partial charge in [-0.25, -0.2) is 9.79 Å². The van der Waals surface area contributed by atoms with E-state index in [2.05, 4.69) is 4.99 Å². The molecule has 0 saturated heterocycles. The van der Waals surface area contributed by atoms with Crippen molar-refractivity contribution in [3.63, 3.8) is 0 Å². The van der Waals surface area contributed by atoms with E-state index in [9.17, 15) is 9.90 Å². The summed E-state index contributed by atoms with van der Waals surface area (Å²) in [6.45, 7) is 0.565. The zero-order valence-electron chi connectivity index (χ0n) is 8.65. The molecular weight excluding hydrogens is 204 g/mol. The molecule has 1 aliphatic heterocycles. The Morgan fingerprint density at radius 1 is 1.38 bits per heavy atom. The van der Waals surface area contributed by atoms with Gasteiger partial charge < -0.3 is 10.0 Å². The Morgan fingerprint density at radius 2 is 2.12 bits per heavy atom. The standard InChI is InChI=1S/C12H12N2O2/c15-12(16)11(10-5-2-1-3-6-10)14-8-4-7-13-9-14/h1-7,9,11H,8H2,(H,15,16). The molecular formula is C12H12N2O2. The molecule has 82 valence electrons. The number of rotatable bonds is 3. The maximum absolute atomic E-state index is 11.3. The minimum absolute atomic E-state index is 0.565. The fourth-order valence-electron chi connectivity index (χ4n) is 1.68. The van der Waals surface area contributed by atoms with Gasteiger partial charge in [-0.1, -0.05) is 30.3 Å². The number of aliphatic imine (C=N–C) groups is 1. The van der Waals surface area contributed by atoms with E-state index in [1.54, 1.807) is 17.4 Å². The number of hydrogen-bond donors (Lipinski definition) is 1. The lowest BCUT2D eigenvalue weighted by atomic mass is 10.1. The van der Waals surface area contributed by atoms with E-state index < -0.39 is 12.0 Å². The number of carboxylic acid groups (broad SMARTS) is 1. The van der Waals surface area contributed by atoms with Crippen LogP contribution in [0.5, 0.6) is 0 Å². The van der Waals surface area contributed by atoms with E-state index in [4.69, 9.17) is 0 Å². The summed E-state index contributed by atoms with van der Waals surface area (Å²) in [5.74, 6) is -0.868. The summed E-state index contributed by atoms with van der Waals surface area (Å²) in [6, 6.07) is 8.49. The van der Waals surface area contributed by atoms with Gasteiger partial charge in [-0.05, 0) is 11.6 Å². The van der Waals surface area contributed by atoms with Gasteiger partial charge in [0.25, 0.3) is 0 Å². The lowest BCUT2D eigenvalue weighted by Gasteiger charge is -2.27. The van der Waals surface area contributed by atoms with Crippen LogP contribution < -0.4 is 0 Å². The van der Waals surface area contributed by atoms with Crippen molar-refractivity contribution in [2.24, 2.45) is 4.99 Å². The van der Waals surface area contributed by atoms with Gasteiger partial charge in [0.15, 0.2) is 6.04 Å². The van der Waals surface area contributed by atoms with Gasteiger partial charge in [0.2, 0.25) is 0 Å². The number of benzene rings is 1. The summed E-state index contributed by atoms with van der Waals surface area (Å²) in [6.07, 6.45) is 5.06. The molecule has 16 heavy (non-hydrogen) atoms. The van der Waals surface area contributed by atoms with Crippen molar-refractivity contribution < 1.29 is 9.90 Å². The van der Waals surface area contributed by atoms with E-state index in [-0.39, 0.29) is 0 Å². The smallest absolute Gasteiger partial charge is 0.331 e. The summed E-state index contributed by atoms with van der Waals surface area (Å²) < 4.78 is 0. The molecule has 0 bridgehead atoms. The van der Waals surface area contributed by atoms with Crippen LogP contribution in [-0.2, 0) is 4.79 Å². The molecule has 0 aromatic heterocycles. The zero-order chi connectivity index (χ0) is 11.4. The molecule has 1 heterocycles. The van der Waals surface area contributed by atoms with Crippen LogP contribution in [0.25, 0.3) is 0 Å². The predicted molar refractivity (Wildman–Crippen MR) is 61.2 cm³/mol. The van der Waals surface area contributed by atoms with E-state index in [1.165, 1.54) is 0 Å². The van der Waals surface area contributed by atoms with Crippen LogP contribution in [0, 0.1) is 0 Å². The fraction of sp³-hybridized carbons (Fsp3) is 0.167. The van der Waals surface area contributed by atoms with Gasteiger partial charge in [-0.2, -0.15) is 0 Å². The van der Waals surface area contributed by atoms with Crippen LogP contribution in [0.15, 0.2) is 47.6 Å². The van der Waals surface area contributed by atoms with E-state index in [0.717, 1.165) is 5.56 Å². The van der Waals surface area contributed by atoms with Crippen LogP contribution >= 0.6 is 0 Å². The molecule has 4 nitrogen and oxygen atoms in total. The average Bonchev–Trinajstić information content (AvgIpc) is 2.31. The second kappa shape index (κ2) is 4.61. The van der Waals surface area contributed by atoms with Crippen molar-refractivity contribution in [2.45, 2.75) is 6.04 Å². The quantitative estimate of drug-likeness (QED) is 0.836. The van der Waals surface area contributed by atoms with Crippen LogP contribution in [-0.4, -0.2) is 28.9 Å². The monoisotopic (exact) mass is 216 g/mol. The second-order valence-electron chi connectivity index (χ2n) is 3.50. The minimum atomic E-state index is -0.868. The van der Waals surface area contributed by atoms with E-state index in [1.807, 2.05) is 36.4 Å². The third kappa shape index (κ3) is 2.11. The number of aliphatic carboxylic acids is 1. The zero-order valence-corrected chi connectivity index (χ0v) is 8.65. The predicted octanol–water partition coefficient (Wildman–Crippen LogP) is 1.67. The van der Waals surface area contributed by atoms with Crippen molar-refractivity contribution >= 4 is 12.3 Å². The van der Waals surface area contributed by atoms with Gasteiger partial charge in [0.1, 0.15) is 0 Å². The first-order chi connectivity index (χ1) is 7.79. The molecule has 0 amide bonds. The lowest BCUT2D eigenvalue weighted by Crippen LogP contribution is -2.34. The number of carbonyl (C=O) groups is 1. The van der Waals surface area contributed by atoms with Crippen LogP contribution in [0.2, 0.25) is 0 Å². The Bertz CT molecular complexity index is 426. The first-order valence-corrected chi connectivity index (χ1v) is 5.01. The van der Waals surface area contributed by atoms with Crippen molar-refractivity contribution in [2.75, 3.05) is 6.54 Å². The summed E-state index contributed by atoms with van der Waals surface area (Å²) >= 11 is 0. The minimum Gasteiger partial charge on any atom is -0.479 e.